The van der Waals surface area contributed by atoms with Crippen LogP contribution in [-0.4, -0.2) is 32.0 Å². The van der Waals surface area contributed by atoms with Crippen LogP contribution in [0.3, 0.4) is 0 Å². The fraction of sp³-hybridized carbons (Fsp3) is 0.231. The number of ether oxygens (including phenoxy) is 1. The quantitative estimate of drug-likeness (QED) is 0.586. The summed E-state index contributed by atoms with van der Waals surface area (Å²) in [6.07, 6.45) is 1.55. The van der Waals surface area contributed by atoms with Gasteiger partial charge in [-0.2, -0.15) is 5.26 Å². The molecule has 4 nitrogen and oxygen atoms in total. The Morgan fingerprint density at radius 2 is 2.18 bits per heavy atom. The lowest BCUT2D eigenvalue weighted by atomic mass is 10.1. The first-order valence-electron chi connectivity index (χ1n) is 5.06. The SMILES string of the molecule is COc1cccc(/C=C(\C#N)C(=O)N(C)C)c1. The molecule has 0 aliphatic carbocycles. The Morgan fingerprint density at radius 3 is 2.71 bits per heavy atom. The van der Waals surface area contributed by atoms with Gasteiger partial charge < -0.3 is 9.64 Å². The van der Waals surface area contributed by atoms with Gasteiger partial charge in [0.2, 0.25) is 0 Å². The smallest absolute Gasteiger partial charge is 0.264 e. The lowest BCUT2D eigenvalue weighted by Crippen LogP contribution is -2.22. The maximum absolute atomic E-state index is 11.6. The molecule has 4 heteroatoms. The van der Waals surface area contributed by atoms with Crippen LogP contribution in [0.2, 0.25) is 0 Å². The van der Waals surface area contributed by atoms with Gasteiger partial charge in [-0.15, -0.1) is 0 Å². The summed E-state index contributed by atoms with van der Waals surface area (Å²) in [4.78, 5) is 13.0. The highest BCUT2D eigenvalue weighted by atomic mass is 16.5. The first-order chi connectivity index (χ1) is 8.08. The zero-order chi connectivity index (χ0) is 12.8. The average Bonchev–Trinajstić information content (AvgIpc) is 2.35. The molecule has 1 amide bonds. The highest BCUT2D eigenvalue weighted by Gasteiger charge is 2.10. The molecule has 0 unspecified atom stereocenters. The number of carbonyl (C=O) groups is 1. The fourth-order valence-corrected chi connectivity index (χ4v) is 1.28. The molecule has 0 aliphatic heterocycles. The second kappa shape index (κ2) is 5.71. The van der Waals surface area contributed by atoms with Crippen LogP contribution < -0.4 is 4.74 Å². The Morgan fingerprint density at radius 1 is 1.47 bits per heavy atom. The van der Waals surface area contributed by atoms with Crippen molar-refractivity contribution >= 4 is 12.0 Å². The van der Waals surface area contributed by atoms with Crippen LogP contribution in [0.15, 0.2) is 29.8 Å². The monoisotopic (exact) mass is 230 g/mol. The van der Waals surface area contributed by atoms with Crippen molar-refractivity contribution < 1.29 is 9.53 Å². The molecular weight excluding hydrogens is 216 g/mol. The van der Waals surface area contributed by atoms with Crippen LogP contribution in [0.25, 0.3) is 6.08 Å². The topological polar surface area (TPSA) is 53.3 Å². The van der Waals surface area contributed by atoms with Crippen molar-refractivity contribution in [3.05, 3.63) is 35.4 Å². The summed E-state index contributed by atoms with van der Waals surface area (Å²) >= 11 is 0. The van der Waals surface area contributed by atoms with Crippen molar-refractivity contribution in [1.82, 2.24) is 4.90 Å². The number of nitriles is 1. The van der Waals surface area contributed by atoms with Crippen molar-refractivity contribution in [2.45, 2.75) is 0 Å². The van der Waals surface area contributed by atoms with E-state index >= 15 is 0 Å². The molecule has 17 heavy (non-hydrogen) atoms. The molecule has 0 N–H and O–H groups in total. The van der Waals surface area contributed by atoms with Gasteiger partial charge in [-0.05, 0) is 23.8 Å². The summed E-state index contributed by atoms with van der Waals surface area (Å²) in [5, 5.41) is 8.94. The van der Waals surface area contributed by atoms with Crippen LogP contribution in [-0.2, 0) is 4.79 Å². The Kier molecular flexibility index (Phi) is 4.29. The summed E-state index contributed by atoms with van der Waals surface area (Å²) in [7, 11) is 4.79. The number of carbonyl (C=O) groups excluding carboxylic acids is 1. The van der Waals surface area contributed by atoms with E-state index in [9.17, 15) is 4.79 Å². The number of nitrogens with zero attached hydrogens (tertiary/aromatic N) is 2. The number of amides is 1. The van der Waals surface area contributed by atoms with Gasteiger partial charge in [0.1, 0.15) is 17.4 Å². The van der Waals surface area contributed by atoms with Gasteiger partial charge in [-0.1, -0.05) is 12.1 Å². The number of hydrogen-bond acceptors (Lipinski definition) is 3. The van der Waals surface area contributed by atoms with Crippen molar-refractivity contribution in [2.75, 3.05) is 21.2 Å². The number of benzene rings is 1. The van der Waals surface area contributed by atoms with E-state index in [1.54, 1.807) is 45.5 Å². The van der Waals surface area contributed by atoms with Crippen LogP contribution in [0.5, 0.6) is 5.75 Å². The van der Waals surface area contributed by atoms with Crippen LogP contribution in [0.4, 0.5) is 0 Å². The number of methoxy groups -OCH3 is 1. The average molecular weight is 230 g/mol. The summed E-state index contributed by atoms with van der Waals surface area (Å²) in [6, 6.07) is 9.08. The number of rotatable bonds is 3. The van der Waals surface area contributed by atoms with Gasteiger partial charge in [0, 0.05) is 14.1 Å². The minimum atomic E-state index is -0.310. The van der Waals surface area contributed by atoms with Crippen LogP contribution in [0, 0.1) is 11.3 Å². The zero-order valence-corrected chi connectivity index (χ0v) is 10.1. The molecule has 0 spiro atoms. The molecule has 88 valence electrons. The van der Waals surface area contributed by atoms with E-state index in [0.29, 0.717) is 5.75 Å². The van der Waals surface area contributed by atoms with Crippen LogP contribution >= 0.6 is 0 Å². The Hall–Kier alpha value is -2.28. The van der Waals surface area contributed by atoms with E-state index in [2.05, 4.69) is 0 Å². The lowest BCUT2D eigenvalue weighted by molar-refractivity contribution is -0.124. The third kappa shape index (κ3) is 3.35. The van der Waals surface area contributed by atoms with Crippen LogP contribution in [0.1, 0.15) is 5.56 Å². The minimum Gasteiger partial charge on any atom is -0.497 e. The first-order valence-corrected chi connectivity index (χ1v) is 5.06. The van der Waals surface area contributed by atoms with Crippen molar-refractivity contribution in [1.29, 1.82) is 5.26 Å². The lowest BCUT2D eigenvalue weighted by Gasteiger charge is -2.08. The molecule has 0 aliphatic rings. The third-order valence-electron chi connectivity index (χ3n) is 2.16. The standard InChI is InChI=1S/C13H14N2O2/c1-15(2)13(16)11(9-14)7-10-5-4-6-12(8-10)17-3/h4-8H,1-3H3/b11-7+. The summed E-state index contributed by atoms with van der Waals surface area (Å²) in [5.74, 6) is 0.378. The normalized spacial score (nSPS) is 10.6. The van der Waals surface area contributed by atoms with E-state index in [1.165, 1.54) is 4.90 Å². The molecule has 1 aromatic rings. The summed E-state index contributed by atoms with van der Waals surface area (Å²) in [5.41, 5.74) is 0.861. The first kappa shape index (κ1) is 12.8. The maximum Gasteiger partial charge on any atom is 0.264 e. The molecule has 0 saturated carbocycles. The molecule has 0 fully saturated rings. The Bertz CT molecular complexity index is 484. The van der Waals surface area contributed by atoms with E-state index in [1.807, 2.05) is 12.1 Å². The predicted molar refractivity (Wildman–Crippen MR) is 65.3 cm³/mol. The fourth-order valence-electron chi connectivity index (χ4n) is 1.28. The van der Waals surface area contributed by atoms with Gasteiger partial charge in [-0.25, -0.2) is 0 Å². The summed E-state index contributed by atoms with van der Waals surface area (Å²) in [6.45, 7) is 0. The molecule has 0 bridgehead atoms. The second-order valence-corrected chi connectivity index (χ2v) is 3.65. The maximum atomic E-state index is 11.6. The van der Waals surface area contributed by atoms with Gasteiger partial charge >= 0.3 is 0 Å². The highest BCUT2D eigenvalue weighted by molar-refractivity contribution is 6.01. The number of likely N-dealkylation sites (N-methyl/N-ethyl adjacent to an activating group) is 1. The zero-order valence-electron chi connectivity index (χ0n) is 10.1. The van der Waals surface area contributed by atoms with E-state index in [-0.39, 0.29) is 11.5 Å². The van der Waals surface area contributed by atoms with Crippen molar-refractivity contribution in [3.8, 4) is 11.8 Å². The van der Waals surface area contributed by atoms with Gasteiger partial charge in [0.05, 0.1) is 7.11 Å². The Labute approximate surface area is 101 Å². The molecule has 0 aromatic heterocycles. The molecule has 0 radical (unpaired) electrons. The summed E-state index contributed by atoms with van der Waals surface area (Å²) < 4.78 is 5.07. The molecule has 1 rings (SSSR count). The number of hydrogen-bond donors (Lipinski definition) is 0. The van der Waals surface area contributed by atoms with E-state index < -0.39 is 0 Å². The van der Waals surface area contributed by atoms with Crippen molar-refractivity contribution in [2.24, 2.45) is 0 Å². The molecule has 0 heterocycles. The van der Waals surface area contributed by atoms with E-state index in [0.717, 1.165) is 5.56 Å². The largest absolute Gasteiger partial charge is 0.497 e. The minimum absolute atomic E-state index is 0.100. The molecule has 0 atom stereocenters. The molecular formula is C13H14N2O2. The van der Waals surface area contributed by atoms with Gasteiger partial charge in [0.25, 0.3) is 5.91 Å². The second-order valence-electron chi connectivity index (χ2n) is 3.65. The third-order valence-corrected chi connectivity index (χ3v) is 2.16. The molecule has 1 aromatic carbocycles. The van der Waals surface area contributed by atoms with E-state index in [4.69, 9.17) is 10.00 Å². The Balaban J connectivity index is 3.07. The van der Waals surface area contributed by atoms with Gasteiger partial charge in [-0.3, -0.25) is 4.79 Å². The van der Waals surface area contributed by atoms with Gasteiger partial charge in [0.15, 0.2) is 0 Å². The molecule has 0 saturated heterocycles. The van der Waals surface area contributed by atoms with Crippen molar-refractivity contribution in [3.63, 3.8) is 0 Å². The highest BCUT2D eigenvalue weighted by Crippen LogP contribution is 2.15. The predicted octanol–water partition coefficient (Wildman–Crippen LogP) is 1.69.